The van der Waals surface area contributed by atoms with Gasteiger partial charge < -0.3 is 4.42 Å². The van der Waals surface area contributed by atoms with E-state index < -0.39 is 5.41 Å². The summed E-state index contributed by atoms with van der Waals surface area (Å²) in [6.45, 7) is 0. The van der Waals surface area contributed by atoms with E-state index in [1.54, 1.807) is 0 Å². The molecule has 0 saturated carbocycles. The van der Waals surface area contributed by atoms with E-state index in [0.717, 1.165) is 26.4 Å². The van der Waals surface area contributed by atoms with E-state index in [-0.39, 0.29) is 0 Å². The van der Waals surface area contributed by atoms with Crippen molar-refractivity contribution in [1.82, 2.24) is 0 Å². The zero-order valence-electron chi connectivity index (χ0n) is 21.1. The third-order valence-electron chi connectivity index (χ3n) is 8.23. The zero-order valence-corrected chi connectivity index (χ0v) is 22.7. The van der Waals surface area contributed by atoms with E-state index in [1.165, 1.54) is 44.5 Å². The number of halogens is 1. The smallest absolute Gasteiger partial charge is 0.136 e. The van der Waals surface area contributed by atoms with E-state index >= 15 is 0 Å². The molecule has 0 fully saturated rings. The minimum atomic E-state index is -0.445. The summed E-state index contributed by atoms with van der Waals surface area (Å²) in [5.74, 6) is 0. The maximum atomic E-state index is 6.25. The molecule has 6 aromatic carbocycles. The molecule has 0 atom stereocenters. The molecule has 0 bridgehead atoms. The number of rotatable bonds is 3. The average molecular weight is 563 g/mol. The number of hydrogen-bond donors (Lipinski definition) is 0. The first-order valence-electron chi connectivity index (χ1n) is 13.2. The lowest BCUT2D eigenvalue weighted by molar-refractivity contribution is 0.669. The van der Waals surface area contributed by atoms with Gasteiger partial charge in [-0.2, -0.15) is 0 Å². The van der Waals surface area contributed by atoms with Crippen LogP contribution in [0.15, 0.2) is 148 Å². The van der Waals surface area contributed by atoms with Crippen LogP contribution in [0.2, 0.25) is 0 Å². The third-order valence-corrected chi connectivity index (χ3v) is 8.72. The van der Waals surface area contributed by atoms with Gasteiger partial charge in [0.1, 0.15) is 11.2 Å². The Hall–Kier alpha value is -4.40. The first-order chi connectivity index (χ1) is 19.2. The standard InChI is InChI=1S/C37H23BrO/c38-27-19-21-30-29-20-18-24(28-15-9-17-35-36(28)31-14-7-8-16-34(31)39-35)22-32(29)37(33(30)23-27,25-10-3-1-4-11-25)26-12-5-2-6-13-26/h1-23H. The van der Waals surface area contributed by atoms with E-state index in [4.69, 9.17) is 4.42 Å². The summed E-state index contributed by atoms with van der Waals surface area (Å²) in [6, 6.07) is 50.3. The molecule has 0 saturated heterocycles. The van der Waals surface area contributed by atoms with Gasteiger partial charge >= 0.3 is 0 Å². The lowest BCUT2D eigenvalue weighted by atomic mass is 9.67. The summed E-state index contributed by atoms with van der Waals surface area (Å²) in [4.78, 5) is 0. The molecule has 0 amide bonds. The van der Waals surface area contributed by atoms with Crippen molar-refractivity contribution >= 4 is 37.9 Å². The molecule has 1 aliphatic rings. The lowest BCUT2D eigenvalue weighted by Gasteiger charge is -2.34. The normalized spacial score (nSPS) is 13.5. The minimum absolute atomic E-state index is 0.445. The molecule has 1 heterocycles. The number of benzene rings is 6. The number of furan rings is 1. The van der Waals surface area contributed by atoms with Crippen molar-refractivity contribution in [1.29, 1.82) is 0 Å². The SMILES string of the molecule is Brc1ccc2c(c1)C(c1ccccc1)(c1ccccc1)c1cc(-c3cccc4oc5ccccc5c34)ccc1-2. The molecular formula is C37H23BrO. The topological polar surface area (TPSA) is 13.1 Å². The van der Waals surface area contributed by atoms with Gasteiger partial charge in [-0.25, -0.2) is 0 Å². The predicted octanol–water partition coefficient (Wildman–Crippen LogP) is 10.4. The van der Waals surface area contributed by atoms with Crippen LogP contribution in [0.25, 0.3) is 44.2 Å². The van der Waals surface area contributed by atoms with Gasteiger partial charge in [0.25, 0.3) is 0 Å². The highest BCUT2D eigenvalue weighted by Crippen LogP contribution is 2.57. The van der Waals surface area contributed by atoms with Gasteiger partial charge in [0.15, 0.2) is 0 Å². The van der Waals surface area contributed by atoms with Gasteiger partial charge in [-0.3, -0.25) is 0 Å². The Morgan fingerprint density at radius 2 is 1.10 bits per heavy atom. The van der Waals surface area contributed by atoms with Crippen LogP contribution >= 0.6 is 15.9 Å². The minimum Gasteiger partial charge on any atom is -0.456 e. The fourth-order valence-corrected chi connectivity index (χ4v) is 7.00. The van der Waals surface area contributed by atoms with Gasteiger partial charge in [-0.05, 0) is 74.8 Å². The summed E-state index contributed by atoms with van der Waals surface area (Å²) in [5.41, 5.74) is 11.4. The average Bonchev–Trinajstić information content (AvgIpc) is 3.51. The van der Waals surface area contributed by atoms with Crippen LogP contribution in [0.5, 0.6) is 0 Å². The highest BCUT2D eigenvalue weighted by Gasteiger charge is 2.46. The molecule has 39 heavy (non-hydrogen) atoms. The van der Waals surface area contributed by atoms with Crippen LogP contribution in [0.3, 0.4) is 0 Å². The second kappa shape index (κ2) is 8.56. The van der Waals surface area contributed by atoms with Crippen LogP contribution in [0.1, 0.15) is 22.3 Å². The Balaban J connectivity index is 1.49. The van der Waals surface area contributed by atoms with E-state index in [9.17, 15) is 0 Å². The summed E-state index contributed by atoms with van der Waals surface area (Å²) in [5, 5.41) is 2.31. The third kappa shape index (κ3) is 3.19. The van der Waals surface area contributed by atoms with Gasteiger partial charge in [0, 0.05) is 15.2 Å². The number of para-hydroxylation sites is 1. The van der Waals surface area contributed by atoms with Crippen LogP contribution in [-0.4, -0.2) is 0 Å². The van der Waals surface area contributed by atoms with Crippen LogP contribution in [0, 0.1) is 0 Å². The second-order valence-electron chi connectivity index (χ2n) is 10.2. The molecule has 184 valence electrons. The maximum Gasteiger partial charge on any atom is 0.136 e. The van der Waals surface area contributed by atoms with Crippen molar-refractivity contribution in [3.05, 3.63) is 166 Å². The molecule has 7 aromatic rings. The van der Waals surface area contributed by atoms with E-state index in [2.05, 4.69) is 143 Å². The molecule has 1 aromatic heterocycles. The van der Waals surface area contributed by atoms with Crippen molar-refractivity contribution in [3.8, 4) is 22.3 Å². The Morgan fingerprint density at radius 1 is 0.487 bits per heavy atom. The highest BCUT2D eigenvalue weighted by atomic mass is 79.9. The largest absolute Gasteiger partial charge is 0.456 e. The highest BCUT2D eigenvalue weighted by molar-refractivity contribution is 9.10. The van der Waals surface area contributed by atoms with Crippen molar-refractivity contribution in [3.63, 3.8) is 0 Å². The Bertz CT molecular complexity index is 1980. The van der Waals surface area contributed by atoms with Crippen LogP contribution < -0.4 is 0 Å². The van der Waals surface area contributed by atoms with Crippen molar-refractivity contribution in [2.45, 2.75) is 5.41 Å². The molecule has 1 nitrogen and oxygen atoms in total. The first kappa shape index (κ1) is 22.6. The molecule has 0 aliphatic heterocycles. The molecule has 1 aliphatic carbocycles. The van der Waals surface area contributed by atoms with Crippen LogP contribution in [0.4, 0.5) is 0 Å². The molecular weight excluding hydrogens is 540 g/mol. The zero-order chi connectivity index (χ0) is 26.0. The fourth-order valence-electron chi connectivity index (χ4n) is 6.64. The van der Waals surface area contributed by atoms with Crippen LogP contribution in [-0.2, 0) is 5.41 Å². The Kier molecular flexibility index (Phi) is 4.95. The molecule has 2 heteroatoms. The molecule has 0 N–H and O–H groups in total. The molecule has 0 unspecified atom stereocenters. The number of fused-ring (bicyclic) bond motifs is 6. The summed E-state index contributed by atoms with van der Waals surface area (Å²) < 4.78 is 7.33. The quantitative estimate of drug-likeness (QED) is 0.208. The summed E-state index contributed by atoms with van der Waals surface area (Å²) >= 11 is 3.79. The van der Waals surface area contributed by atoms with Gasteiger partial charge in [0.2, 0.25) is 0 Å². The van der Waals surface area contributed by atoms with Crippen molar-refractivity contribution in [2.24, 2.45) is 0 Å². The summed E-state index contributed by atoms with van der Waals surface area (Å²) in [6.07, 6.45) is 0. The van der Waals surface area contributed by atoms with E-state index in [0.29, 0.717) is 0 Å². The first-order valence-corrected chi connectivity index (χ1v) is 14.0. The Labute approximate surface area is 235 Å². The molecule has 0 radical (unpaired) electrons. The van der Waals surface area contributed by atoms with Crippen molar-refractivity contribution < 1.29 is 4.42 Å². The van der Waals surface area contributed by atoms with Gasteiger partial charge in [-0.15, -0.1) is 0 Å². The predicted molar refractivity (Wildman–Crippen MR) is 164 cm³/mol. The summed E-state index contributed by atoms with van der Waals surface area (Å²) in [7, 11) is 0. The monoisotopic (exact) mass is 562 g/mol. The fraction of sp³-hybridized carbons (Fsp3) is 0.0270. The molecule has 0 spiro atoms. The molecule has 8 rings (SSSR count). The van der Waals surface area contributed by atoms with Gasteiger partial charge in [0.05, 0.1) is 5.41 Å². The Morgan fingerprint density at radius 3 is 1.85 bits per heavy atom. The van der Waals surface area contributed by atoms with E-state index in [1.807, 2.05) is 12.1 Å². The number of hydrogen-bond acceptors (Lipinski definition) is 1. The maximum absolute atomic E-state index is 6.25. The second-order valence-corrected chi connectivity index (χ2v) is 11.1. The lowest BCUT2D eigenvalue weighted by Crippen LogP contribution is -2.28. The van der Waals surface area contributed by atoms with Crippen molar-refractivity contribution in [2.75, 3.05) is 0 Å². The van der Waals surface area contributed by atoms with Gasteiger partial charge in [-0.1, -0.05) is 125 Å².